The number of hydrogen-bond acceptors (Lipinski definition) is 2. The minimum atomic E-state index is -0.196. The second-order valence-corrected chi connectivity index (χ2v) is 6.87. The third-order valence-electron chi connectivity index (χ3n) is 5.00. The van der Waals surface area contributed by atoms with E-state index in [1.54, 1.807) is 0 Å². The van der Waals surface area contributed by atoms with Crippen molar-refractivity contribution >= 4 is 17.6 Å². The molecule has 3 rings (SSSR count). The molecule has 3 amide bonds. The van der Waals surface area contributed by atoms with Crippen LogP contribution in [0.2, 0.25) is 0 Å². The molecule has 2 N–H and O–H groups in total. The maximum absolute atomic E-state index is 12.1. The Balaban J connectivity index is 1.48. The van der Waals surface area contributed by atoms with Crippen LogP contribution in [-0.2, 0) is 17.6 Å². The summed E-state index contributed by atoms with van der Waals surface area (Å²) in [4.78, 5) is 26.0. The molecule has 1 aliphatic carbocycles. The van der Waals surface area contributed by atoms with Crippen molar-refractivity contribution in [2.75, 3.05) is 18.4 Å². The number of urea groups is 1. The number of aryl methyl sites for hydroxylation is 2. The lowest BCUT2D eigenvalue weighted by atomic mass is 10.0. The summed E-state index contributed by atoms with van der Waals surface area (Å²) in [6, 6.07) is 6.36. The predicted octanol–water partition coefficient (Wildman–Crippen LogP) is 2.94. The molecule has 1 saturated heterocycles. The van der Waals surface area contributed by atoms with E-state index in [4.69, 9.17) is 0 Å². The fraction of sp³-hybridized carbons (Fsp3) is 0.579. The third-order valence-corrected chi connectivity index (χ3v) is 5.00. The number of anilines is 1. The van der Waals surface area contributed by atoms with Gasteiger partial charge in [0.15, 0.2) is 0 Å². The smallest absolute Gasteiger partial charge is 0.319 e. The van der Waals surface area contributed by atoms with Crippen LogP contribution in [0, 0.1) is 5.92 Å². The molecule has 2 aliphatic rings. The van der Waals surface area contributed by atoms with Gasteiger partial charge in [-0.05, 0) is 48.9 Å². The number of amides is 3. The number of benzene rings is 1. The lowest BCUT2D eigenvalue weighted by Gasteiger charge is -2.16. The molecule has 5 nitrogen and oxygen atoms in total. The molecular weight excluding hydrogens is 302 g/mol. The van der Waals surface area contributed by atoms with E-state index in [0.29, 0.717) is 19.0 Å². The second-order valence-electron chi connectivity index (χ2n) is 6.87. The molecule has 0 radical (unpaired) electrons. The van der Waals surface area contributed by atoms with Gasteiger partial charge in [0.2, 0.25) is 5.91 Å². The Morgan fingerprint density at radius 3 is 2.62 bits per heavy atom. The largest absolute Gasteiger partial charge is 0.339 e. The summed E-state index contributed by atoms with van der Waals surface area (Å²) >= 11 is 0. The minimum Gasteiger partial charge on any atom is -0.339 e. The van der Waals surface area contributed by atoms with Gasteiger partial charge >= 0.3 is 6.03 Å². The van der Waals surface area contributed by atoms with Crippen LogP contribution in [0.25, 0.3) is 0 Å². The van der Waals surface area contributed by atoms with Gasteiger partial charge in [-0.25, -0.2) is 4.79 Å². The average molecular weight is 329 g/mol. The van der Waals surface area contributed by atoms with E-state index in [1.807, 2.05) is 17.0 Å². The van der Waals surface area contributed by atoms with E-state index in [-0.39, 0.29) is 17.9 Å². The molecule has 1 aliphatic heterocycles. The fourth-order valence-electron chi connectivity index (χ4n) is 3.47. The molecule has 1 atom stereocenters. The topological polar surface area (TPSA) is 61.4 Å². The first-order chi connectivity index (χ1) is 11.6. The van der Waals surface area contributed by atoms with Crippen molar-refractivity contribution in [2.45, 2.75) is 52.0 Å². The van der Waals surface area contributed by atoms with Gasteiger partial charge in [0.1, 0.15) is 0 Å². The van der Waals surface area contributed by atoms with E-state index >= 15 is 0 Å². The fourth-order valence-corrected chi connectivity index (χ4v) is 3.47. The van der Waals surface area contributed by atoms with Crippen molar-refractivity contribution in [3.05, 3.63) is 29.3 Å². The summed E-state index contributed by atoms with van der Waals surface area (Å²) < 4.78 is 0. The normalized spacial score (nSPS) is 20.3. The van der Waals surface area contributed by atoms with Crippen molar-refractivity contribution in [2.24, 2.45) is 5.92 Å². The third kappa shape index (κ3) is 3.89. The van der Waals surface area contributed by atoms with Gasteiger partial charge in [-0.2, -0.15) is 0 Å². The first-order valence-corrected chi connectivity index (χ1v) is 9.06. The van der Waals surface area contributed by atoms with Gasteiger partial charge in [-0.15, -0.1) is 0 Å². The molecule has 2 fully saturated rings. The number of likely N-dealkylation sites (tertiary alicyclic amines) is 1. The molecule has 0 spiro atoms. The summed E-state index contributed by atoms with van der Waals surface area (Å²) in [5, 5.41) is 5.81. The van der Waals surface area contributed by atoms with Gasteiger partial charge in [0, 0.05) is 37.2 Å². The first-order valence-electron chi connectivity index (χ1n) is 9.06. The maximum atomic E-state index is 12.1. The Morgan fingerprint density at radius 1 is 1.21 bits per heavy atom. The molecule has 1 aromatic carbocycles. The zero-order chi connectivity index (χ0) is 17.1. The van der Waals surface area contributed by atoms with E-state index < -0.39 is 0 Å². The summed E-state index contributed by atoms with van der Waals surface area (Å²) in [5.41, 5.74) is 3.42. The van der Waals surface area contributed by atoms with Crippen LogP contribution in [0.3, 0.4) is 0 Å². The van der Waals surface area contributed by atoms with Crippen molar-refractivity contribution in [1.82, 2.24) is 10.2 Å². The van der Waals surface area contributed by atoms with Crippen LogP contribution in [0.15, 0.2) is 18.2 Å². The van der Waals surface area contributed by atoms with Gasteiger partial charge in [0.05, 0.1) is 0 Å². The van der Waals surface area contributed by atoms with Crippen LogP contribution in [-0.4, -0.2) is 36.0 Å². The maximum Gasteiger partial charge on any atom is 0.319 e. The molecule has 1 heterocycles. The number of hydrogen-bond donors (Lipinski definition) is 2. The Kier molecular flexibility index (Phi) is 5.07. The highest BCUT2D eigenvalue weighted by molar-refractivity contribution is 5.89. The van der Waals surface area contributed by atoms with E-state index in [1.165, 1.54) is 11.1 Å². The summed E-state index contributed by atoms with van der Waals surface area (Å²) in [6.45, 7) is 5.60. The lowest BCUT2D eigenvalue weighted by molar-refractivity contribution is -0.128. The van der Waals surface area contributed by atoms with Crippen LogP contribution in [0.4, 0.5) is 10.5 Å². The number of carbonyl (C=O) groups excluding carboxylic acids is 2. The van der Waals surface area contributed by atoms with Crippen LogP contribution in [0.5, 0.6) is 0 Å². The van der Waals surface area contributed by atoms with E-state index in [9.17, 15) is 9.59 Å². The Bertz CT molecular complexity index is 625. The van der Waals surface area contributed by atoms with E-state index in [2.05, 4.69) is 30.5 Å². The summed E-state index contributed by atoms with van der Waals surface area (Å²) in [6.07, 6.45) is 4.80. The zero-order valence-corrected chi connectivity index (χ0v) is 14.6. The minimum absolute atomic E-state index is 0.196. The number of rotatable bonds is 6. The lowest BCUT2D eigenvalue weighted by Crippen LogP contribution is -2.34. The number of nitrogens with one attached hydrogen (secondary N) is 2. The van der Waals surface area contributed by atoms with Crippen LogP contribution >= 0.6 is 0 Å². The van der Waals surface area contributed by atoms with Gasteiger partial charge in [0.25, 0.3) is 0 Å². The van der Waals surface area contributed by atoms with Crippen molar-refractivity contribution in [3.8, 4) is 0 Å². The van der Waals surface area contributed by atoms with Crippen LogP contribution in [0.1, 0.15) is 44.2 Å². The molecule has 1 aromatic rings. The highest BCUT2D eigenvalue weighted by atomic mass is 16.2. The molecule has 0 aromatic heterocycles. The predicted molar refractivity (Wildman–Crippen MR) is 95.1 cm³/mol. The highest BCUT2D eigenvalue weighted by Crippen LogP contribution is 2.32. The standard InChI is InChI=1S/C19H27N3O2/c1-3-14-5-6-16(10-15(14)4-2)21-19(24)20-11-13-9-18(23)22(12-13)17-7-8-17/h5-6,10,13,17H,3-4,7-9,11-12H2,1-2H3,(H2,20,21,24)/t13-/m0/s1. The Labute approximate surface area is 143 Å². The van der Waals surface area contributed by atoms with Gasteiger partial charge < -0.3 is 15.5 Å². The van der Waals surface area contributed by atoms with Gasteiger partial charge in [-0.1, -0.05) is 19.9 Å². The molecule has 1 saturated carbocycles. The first kappa shape index (κ1) is 16.8. The van der Waals surface area contributed by atoms with Gasteiger partial charge in [-0.3, -0.25) is 4.79 Å². The SMILES string of the molecule is CCc1ccc(NC(=O)NC[C@@H]2CC(=O)N(C3CC3)C2)cc1CC. The molecule has 130 valence electrons. The number of nitrogens with zero attached hydrogens (tertiary/aromatic N) is 1. The number of carbonyl (C=O) groups is 2. The molecule has 0 bridgehead atoms. The monoisotopic (exact) mass is 329 g/mol. The van der Waals surface area contributed by atoms with Crippen molar-refractivity contribution < 1.29 is 9.59 Å². The molecular formula is C19H27N3O2. The molecule has 24 heavy (non-hydrogen) atoms. The second kappa shape index (κ2) is 7.24. The van der Waals surface area contributed by atoms with Crippen molar-refractivity contribution in [3.63, 3.8) is 0 Å². The molecule has 5 heteroatoms. The van der Waals surface area contributed by atoms with E-state index in [0.717, 1.165) is 37.9 Å². The Morgan fingerprint density at radius 2 is 1.96 bits per heavy atom. The average Bonchev–Trinajstić information content (AvgIpc) is 3.35. The quantitative estimate of drug-likeness (QED) is 0.843. The van der Waals surface area contributed by atoms with Crippen LogP contribution < -0.4 is 10.6 Å². The summed E-state index contributed by atoms with van der Waals surface area (Å²) in [5.74, 6) is 0.477. The van der Waals surface area contributed by atoms with Crippen molar-refractivity contribution in [1.29, 1.82) is 0 Å². The Hall–Kier alpha value is -2.04. The zero-order valence-electron chi connectivity index (χ0n) is 14.6. The summed E-state index contributed by atoms with van der Waals surface area (Å²) in [7, 11) is 0. The highest BCUT2D eigenvalue weighted by Gasteiger charge is 2.39. The molecule has 0 unspecified atom stereocenters.